The summed E-state index contributed by atoms with van der Waals surface area (Å²) < 4.78 is 12.8. The lowest BCUT2D eigenvalue weighted by Crippen LogP contribution is -2.43. The largest absolute Gasteiger partial charge is 0.350 e. The molecule has 0 radical (unpaired) electrons. The lowest BCUT2D eigenvalue weighted by Gasteiger charge is -2.14. The Balaban J connectivity index is 2.12. The van der Waals surface area contributed by atoms with E-state index in [1.807, 2.05) is 6.92 Å². The fraction of sp³-hybridized carbons (Fsp3) is 0.556. The second kappa shape index (κ2) is 11.4. The quantitative estimate of drug-likeness (QED) is 0.574. The molecule has 0 heterocycles. The maximum atomic E-state index is 12.8. The summed E-state index contributed by atoms with van der Waals surface area (Å²) in [5.41, 5.74) is 0.390. The van der Waals surface area contributed by atoms with Crippen LogP contribution in [0.1, 0.15) is 56.3 Å². The van der Waals surface area contributed by atoms with Gasteiger partial charge in [0.15, 0.2) is 0 Å². The first-order valence-electron chi connectivity index (χ1n) is 8.61. The number of urea groups is 1. The molecule has 1 unspecified atom stereocenters. The van der Waals surface area contributed by atoms with E-state index in [4.69, 9.17) is 0 Å². The molecule has 1 aromatic rings. The maximum Gasteiger partial charge on any atom is 0.315 e. The van der Waals surface area contributed by atoms with Crippen LogP contribution < -0.4 is 16.0 Å². The van der Waals surface area contributed by atoms with Crippen LogP contribution in [-0.2, 0) is 0 Å². The van der Waals surface area contributed by atoms with Gasteiger partial charge in [0.05, 0.1) is 0 Å². The first-order valence-corrected chi connectivity index (χ1v) is 8.61. The molecule has 0 aliphatic rings. The molecule has 24 heavy (non-hydrogen) atoms. The van der Waals surface area contributed by atoms with Gasteiger partial charge >= 0.3 is 6.03 Å². The Morgan fingerprint density at radius 3 is 2.38 bits per heavy atom. The van der Waals surface area contributed by atoms with Crippen LogP contribution in [0.4, 0.5) is 9.18 Å². The number of carbonyl (C=O) groups is 2. The van der Waals surface area contributed by atoms with Crippen LogP contribution in [0.2, 0.25) is 0 Å². The van der Waals surface area contributed by atoms with Crippen molar-refractivity contribution in [1.82, 2.24) is 16.0 Å². The minimum absolute atomic E-state index is 0.135. The molecule has 3 amide bonds. The summed E-state index contributed by atoms with van der Waals surface area (Å²) in [6.45, 7) is 4.81. The molecule has 1 atom stereocenters. The van der Waals surface area contributed by atoms with Gasteiger partial charge in [-0.2, -0.15) is 0 Å². The normalized spacial score (nSPS) is 11.6. The molecule has 0 saturated heterocycles. The maximum absolute atomic E-state index is 12.8. The van der Waals surface area contributed by atoms with Gasteiger partial charge in [-0.15, -0.1) is 0 Å². The molecule has 0 saturated carbocycles. The second-order valence-electron chi connectivity index (χ2n) is 5.91. The minimum Gasteiger partial charge on any atom is -0.350 e. The molecule has 6 heteroatoms. The molecule has 5 nitrogen and oxygen atoms in total. The molecule has 3 N–H and O–H groups in total. The van der Waals surface area contributed by atoms with Crippen LogP contribution in [0.25, 0.3) is 0 Å². The predicted octanol–water partition coefficient (Wildman–Crippen LogP) is 3.21. The summed E-state index contributed by atoms with van der Waals surface area (Å²) in [6, 6.07) is 5.23. The van der Waals surface area contributed by atoms with Gasteiger partial charge in [-0.05, 0) is 37.6 Å². The van der Waals surface area contributed by atoms with E-state index < -0.39 is 0 Å². The van der Waals surface area contributed by atoms with Crippen molar-refractivity contribution in [3.8, 4) is 0 Å². The Morgan fingerprint density at radius 2 is 1.71 bits per heavy atom. The van der Waals surface area contributed by atoms with E-state index in [9.17, 15) is 14.0 Å². The highest BCUT2D eigenvalue weighted by atomic mass is 19.1. The Kier molecular flexibility index (Phi) is 9.49. The molecule has 1 aromatic carbocycles. The van der Waals surface area contributed by atoms with E-state index in [1.165, 1.54) is 43.5 Å². The van der Waals surface area contributed by atoms with E-state index in [1.54, 1.807) is 0 Å². The van der Waals surface area contributed by atoms with Crippen molar-refractivity contribution in [1.29, 1.82) is 0 Å². The monoisotopic (exact) mass is 337 g/mol. The summed E-state index contributed by atoms with van der Waals surface area (Å²) in [4.78, 5) is 23.5. The fourth-order valence-electron chi connectivity index (χ4n) is 2.28. The van der Waals surface area contributed by atoms with Gasteiger partial charge < -0.3 is 16.0 Å². The zero-order valence-electron chi connectivity index (χ0n) is 14.5. The van der Waals surface area contributed by atoms with Crippen molar-refractivity contribution in [2.75, 3.05) is 13.1 Å². The SMILES string of the molecule is CCCCCCC(C)NC(=O)NCCNC(=O)c1ccc(F)cc1. The zero-order chi connectivity index (χ0) is 17.8. The summed E-state index contributed by atoms with van der Waals surface area (Å²) in [5.74, 6) is -0.671. The van der Waals surface area contributed by atoms with E-state index in [-0.39, 0.29) is 23.8 Å². The number of hydrogen-bond donors (Lipinski definition) is 3. The van der Waals surface area contributed by atoms with Crippen LogP contribution in [-0.4, -0.2) is 31.1 Å². The molecule has 0 aliphatic carbocycles. The first-order chi connectivity index (χ1) is 11.5. The van der Waals surface area contributed by atoms with Gasteiger partial charge in [-0.25, -0.2) is 9.18 Å². The number of rotatable bonds is 10. The lowest BCUT2D eigenvalue weighted by molar-refractivity contribution is 0.0953. The number of amides is 3. The van der Waals surface area contributed by atoms with Gasteiger partial charge in [0.1, 0.15) is 5.82 Å². The molecule has 1 rings (SSSR count). The lowest BCUT2D eigenvalue weighted by atomic mass is 10.1. The van der Waals surface area contributed by atoms with Crippen molar-refractivity contribution in [2.24, 2.45) is 0 Å². The van der Waals surface area contributed by atoms with Crippen LogP contribution >= 0.6 is 0 Å². The average molecular weight is 337 g/mol. The Labute approximate surface area is 143 Å². The highest BCUT2D eigenvalue weighted by molar-refractivity contribution is 5.94. The number of halogens is 1. The minimum atomic E-state index is -0.381. The van der Waals surface area contributed by atoms with Crippen LogP contribution in [0.3, 0.4) is 0 Å². The van der Waals surface area contributed by atoms with E-state index >= 15 is 0 Å². The van der Waals surface area contributed by atoms with Crippen LogP contribution in [0, 0.1) is 5.82 Å². The van der Waals surface area contributed by atoms with Gasteiger partial charge in [0.25, 0.3) is 5.91 Å². The number of benzene rings is 1. The number of unbranched alkanes of at least 4 members (excludes halogenated alkanes) is 3. The predicted molar refractivity (Wildman–Crippen MR) is 93.5 cm³/mol. The molecule has 0 fully saturated rings. The smallest absolute Gasteiger partial charge is 0.315 e. The van der Waals surface area contributed by atoms with Crippen molar-refractivity contribution >= 4 is 11.9 Å². The van der Waals surface area contributed by atoms with E-state index in [0.717, 1.165) is 12.8 Å². The number of hydrogen-bond acceptors (Lipinski definition) is 2. The second-order valence-corrected chi connectivity index (χ2v) is 5.91. The summed E-state index contributed by atoms with van der Waals surface area (Å²) in [6.07, 6.45) is 5.70. The number of carbonyl (C=O) groups excluding carboxylic acids is 2. The van der Waals surface area contributed by atoms with Crippen molar-refractivity contribution in [3.63, 3.8) is 0 Å². The Hall–Kier alpha value is -2.11. The van der Waals surface area contributed by atoms with Crippen molar-refractivity contribution in [2.45, 2.75) is 52.0 Å². The van der Waals surface area contributed by atoms with Gasteiger partial charge in [-0.3, -0.25) is 4.79 Å². The van der Waals surface area contributed by atoms with Crippen LogP contribution in [0.5, 0.6) is 0 Å². The Morgan fingerprint density at radius 1 is 1.04 bits per heavy atom. The molecule has 0 aromatic heterocycles. The molecule has 0 aliphatic heterocycles. The third-order valence-corrected chi connectivity index (χ3v) is 3.67. The molecular weight excluding hydrogens is 309 g/mol. The highest BCUT2D eigenvalue weighted by Crippen LogP contribution is 2.05. The molecule has 134 valence electrons. The number of nitrogens with one attached hydrogen (secondary N) is 3. The Bertz CT molecular complexity index is 505. The van der Waals surface area contributed by atoms with Crippen molar-refractivity contribution in [3.05, 3.63) is 35.6 Å². The third kappa shape index (κ3) is 8.50. The highest BCUT2D eigenvalue weighted by Gasteiger charge is 2.07. The molecular formula is C18H28FN3O2. The summed E-state index contributed by atoms with van der Waals surface area (Å²) in [7, 11) is 0. The van der Waals surface area contributed by atoms with Gasteiger partial charge in [-0.1, -0.05) is 32.6 Å². The zero-order valence-corrected chi connectivity index (χ0v) is 14.5. The van der Waals surface area contributed by atoms with Crippen molar-refractivity contribution < 1.29 is 14.0 Å². The summed E-state index contributed by atoms with van der Waals surface area (Å²) >= 11 is 0. The topological polar surface area (TPSA) is 70.2 Å². The van der Waals surface area contributed by atoms with Gasteiger partial charge in [0, 0.05) is 24.7 Å². The fourth-order valence-corrected chi connectivity index (χ4v) is 2.28. The van der Waals surface area contributed by atoms with Crippen LogP contribution in [0.15, 0.2) is 24.3 Å². The third-order valence-electron chi connectivity index (χ3n) is 3.67. The molecule has 0 spiro atoms. The van der Waals surface area contributed by atoms with E-state index in [2.05, 4.69) is 22.9 Å². The average Bonchev–Trinajstić information content (AvgIpc) is 2.56. The summed E-state index contributed by atoms with van der Waals surface area (Å²) in [5, 5.41) is 8.26. The standard InChI is InChI=1S/C18H28FN3O2/c1-3-4-5-6-7-14(2)22-18(24)21-13-12-20-17(23)15-8-10-16(19)11-9-15/h8-11,14H,3-7,12-13H2,1-2H3,(H,20,23)(H2,21,22,24). The van der Waals surface area contributed by atoms with Gasteiger partial charge in [0.2, 0.25) is 0 Å². The molecule has 0 bridgehead atoms. The first kappa shape index (κ1) is 19.9. The van der Waals surface area contributed by atoms with E-state index in [0.29, 0.717) is 18.7 Å².